The Labute approximate surface area is 113 Å². The van der Waals surface area contributed by atoms with Crippen LogP contribution in [0.5, 0.6) is 5.75 Å². The van der Waals surface area contributed by atoms with E-state index < -0.39 is 20.6 Å². The van der Waals surface area contributed by atoms with Crippen molar-refractivity contribution in [3.63, 3.8) is 0 Å². The number of rotatable bonds is 4. The second-order valence-electron chi connectivity index (χ2n) is 4.74. The van der Waals surface area contributed by atoms with Gasteiger partial charge in [0.05, 0.1) is 17.9 Å². The van der Waals surface area contributed by atoms with Crippen LogP contribution >= 0.6 is 11.6 Å². The van der Waals surface area contributed by atoms with Gasteiger partial charge in [0.25, 0.3) is 0 Å². The largest absolute Gasteiger partial charge is 0.497 e. The molecular formula is C12H18ClNO3S. The first-order chi connectivity index (χ1) is 8.11. The lowest BCUT2D eigenvalue weighted by Gasteiger charge is -2.30. The molecule has 0 heterocycles. The maximum Gasteiger partial charge on any atom is 0.154 e. The monoisotopic (exact) mass is 291 g/mol. The van der Waals surface area contributed by atoms with Crippen LogP contribution in [0.15, 0.2) is 18.2 Å². The summed E-state index contributed by atoms with van der Waals surface area (Å²) in [5.41, 5.74) is 6.64. The van der Waals surface area contributed by atoms with Gasteiger partial charge < -0.3 is 10.5 Å². The second kappa shape index (κ2) is 5.07. The standard InChI is InChI=1S/C12H18ClNO3S/c1-12(2,18(4,15)16)11(14)9-6-5-8(17-3)7-10(9)13/h5-7,11H,14H2,1-4H3. The Bertz CT molecular complexity index is 540. The molecule has 0 aliphatic carbocycles. The minimum atomic E-state index is -3.30. The highest BCUT2D eigenvalue weighted by atomic mass is 35.5. The lowest BCUT2D eigenvalue weighted by molar-refractivity contribution is 0.414. The minimum absolute atomic E-state index is 0.401. The van der Waals surface area contributed by atoms with Gasteiger partial charge in [-0.2, -0.15) is 0 Å². The van der Waals surface area contributed by atoms with Crippen molar-refractivity contribution >= 4 is 21.4 Å². The van der Waals surface area contributed by atoms with E-state index in [0.717, 1.165) is 0 Å². The lowest BCUT2D eigenvalue weighted by Crippen LogP contribution is -2.42. The SMILES string of the molecule is COc1ccc(C(N)C(C)(C)S(C)(=O)=O)c(Cl)c1. The topological polar surface area (TPSA) is 69.4 Å². The van der Waals surface area contributed by atoms with Gasteiger partial charge in [0, 0.05) is 11.3 Å². The molecule has 0 fully saturated rings. The van der Waals surface area contributed by atoms with Gasteiger partial charge in [-0.15, -0.1) is 0 Å². The van der Waals surface area contributed by atoms with Gasteiger partial charge in [0.15, 0.2) is 9.84 Å². The molecule has 0 aliphatic rings. The average Bonchev–Trinajstić information content (AvgIpc) is 2.26. The summed E-state index contributed by atoms with van der Waals surface area (Å²) in [5, 5.41) is 0.401. The number of halogens is 1. The molecular weight excluding hydrogens is 274 g/mol. The zero-order valence-electron chi connectivity index (χ0n) is 10.9. The van der Waals surface area contributed by atoms with Crippen LogP contribution in [0.3, 0.4) is 0 Å². The molecule has 0 bridgehead atoms. The fraction of sp³-hybridized carbons (Fsp3) is 0.500. The highest BCUT2D eigenvalue weighted by molar-refractivity contribution is 7.92. The average molecular weight is 292 g/mol. The summed E-state index contributed by atoms with van der Waals surface area (Å²) in [7, 11) is -1.76. The van der Waals surface area contributed by atoms with Gasteiger partial charge in [0.2, 0.25) is 0 Å². The molecule has 1 atom stereocenters. The molecule has 1 aromatic rings. The van der Waals surface area contributed by atoms with E-state index in [2.05, 4.69) is 0 Å². The van der Waals surface area contributed by atoms with Crippen molar-refractivity contribution in [2.45, 2.75) is 24.6 Å². The summed E-state index contributed by atoms with van der Waals surface area (Å²) in [5.74, 6) is 0.605. The van der Waals surface area contributed by atoms with Crippen LogP contribution in [0.25, 0.3) is 0 Å². The number of hydrogen-bond donors (Lipinski definition) is 1. The van der Waals surface area contributed by atoms with E-state index in [4.69, 9.17) is 22.1 Å². The predicted octanol–water partition coefficient (Wildman–Crippen LogP) is 2.17. The molecule has 1 aromatic carbocycles. The first-order valence-corrected chi connectivity index (χ1v) is 7.67. The quantitative estimate of drug-likeness (QED) is 0.923. The van der Waals surface area contributed by atoms with Gasteiger partial charge >= 0.3 is 0 Å². The zero-order chi connectivity index (χ0) is 14.1. The van der Waals surface area contributed by atoms with Crippen LogP contribution < -0.4 is 10.5 Å². The first-order valence-electron chi connectivity index (χ1n) is 5.40. The van der Waals surface area contributed by atoms with Crippen LogP contribution in [0.1, 0.15) is 25.5 Å². The molecule has 1 rings (SSSR count). The second-order valence-corrected chi connectivity index (χ2v) is 7.74. The fourth-order valence-electron chi connectivity index (χ4n) is 1.49. The van der Waals surface area contributed by atoms with Crippen LogP contribution in [-0.4, -0.2) is 26.5 Å². The number of ether oxygens (including phenoxy) is 1. The molecule has 0 amide bonds. The normalized spacial score (nSPS) is 14.3. The Balaban J connectivity index is 3.24. The number of methoxy groups -OCH3 is 1. The van der Waals surface area contributed by atoms with Crippen LogP contribution in [0.2, 0.25) is 5.02 Å². The van der Waals surface area contributed by atoms with Crippen molar-refractivity contribution in [2.75, 3.05) is 13.4 Å². The van der Waals surface area contributed by atoms with E-state index in [9.17, 15) is 8.42 Å². The van der Waals surface area contributed by atoms with Crippen molar-refractivity contribution < 1.29 is 13.2 Å². The van der Waals surface area contributed by atoms with E-state index in [1.165, 1.54) is 13.4 Å². The van der Waals surface area contributed by atoms with E-state index in [0.29, 0.717) is 16.3 Å². The smallest absolute Gasteiger partial charge is 0.154 e. The first kappa shape index (κ1) is 15.3. The molecule has 0 spiro atoms. The molecule has 1 unspecified atom stereocenters. The van der Waals surface area contributed by atoms with E-state index in [1.807, 2.05) is 0 Å². The van der Waals surface area contributed by atoms with Gasteiger partial charge in [-0.3, -0.25) is 0 Å². The Hall–Kier alpha value is -0.780. The third kappa shape index (κ3) is 2.79. The van der Waals surface area contributed by atoms with Crippen molar-refractivity contribution in [3.8, 4) is 5.75 Å². The molecule has 0 aromatic heterocycles. The molecule has 0 aliphatic heterocycles. The molecule has 2 N–H and O–H groups in total. The molecule has 0 radical (unpaired) electrons. The number of benzene rings is 1. The van der Waals surface area contributed by atoms with Gasteiger partial charge in [0.1, 0.15) is 5.75 Å². The predicted molar refractivity (Wildman–Crippen MR) is 73.9 cm³/mol. The molecule has 18 heavy (non-hydrogen) atoms. The molecule has 6 heteroatoms. The molecule has 4 nitrogen and oxygen atoms in total. The molecule has 0 saturated heterocycles. The Kier molecular flexibility index (Phi) is 4.30. The van der Waals surface area contributed by atoms with Gasteiger partial charge in [-0.1, -0.05) is 17.7 Å². The lowest BCUT2D eigenvalue weighted by atomic mass is 9.96. The Morgan fingerprint density at radius 3 is 2.33 bits per heavy atom. The minimum Gasteiger partial charge on any atom is -0.497 e. The van der Waals surface area contributed by atoms with Crippen molar-refractivity contribution in [3.05, 3.63) is 28.8 Å². The number of nitrogens with two attached hydrogens (primary N) is 1. The van der Waals surface area contributed by atoms with E-state index in [1.54, 1.807) is 32.0 Å². The highest BCUT2D eigenvalue weighted by Crippen LogP contribution is 2.35. The summed E-state index contributed by atoms with van der Waals surface area (Å²) in [6.45, 7) is 3.18. The van der Waals surface area contributed by atoms with Crippen molar-refractivity contribution in [1.82, 2.24) is 0 Å². The molecule has 102 valence electrons. The number of sulfone groups is 1. The summed E-state index contributed by atoms with van der Waals surface area (Å²) in [6.07, 6.45) is 1.17. The Morgan fingerprint density at radius 1 is 1.39 bits per heavy atom. The maximum atomic E-state index is 11.8. The van der Waals surface area contributed by atoms with E-state index >= 15 is 0 Å². The zero-order valence-corrected chi connectivity index (χ0v) is 12.5. The maximum absolute atomic E-state index is 11.8. The summed E-state index contributed by atoms with van der Waals surface area (Å²) < 4.78 is 27.5. The van der Waals surface area contributed by atoms with Crippen molar-refractivity contribution in [2.24, 2.45) is 5.73 Å². The summed E-state index contributed by atoms with van der Waals surface area (Å²) in [6, 6.07) is 4.32. The Morgan fingerprint density at radius 2 is 1.94 bits per heavy atom. The third-order valence-corrected chi connectivity index (χ3v) is 5.74. The van der Waals surface area contributed by atoms with E-state index in [-0.39, 0.29) is 0 Å². The third-order valence-electron chi connectivity index (χ3n) is 3.25. The fourth-order valence-corrected chi connectivity index (χ4v) is 2.37. The van der Waals surface area contributed by atoms with Crippen LogP contribution in [0, 0.1) is 0 Å². The van der Waals surface area contributed by atoms with Crippen molar-refractivity contribution in [1.29, 1.82) is 0 Å². The van der Waals surface area contributed by atoms with Gasteiger partial charge in [-0.25, -0.2) is 8.42 Å². The van der Waals surface area contributed by atoms with Crippen LogP contribution in [0.4, 0.5) is 0 Å². The summed E-state index contributed by atoms with van der Waals surface area (Å²) in [4.78, 5) is 0. The van der Waals surface area contributed by atoms with Gasteiger partial charge in [-0.05, 0) is 31.5 Å². The summed E-state index contributed by atoms with van der Waals surface area (Å²) >= 11 is 6.10. The highest BCUT2D eigenvalue weighted by Gasteiger charge is 2.38. The van der Waals surface area contributed by atoms with Crippen LogP contribution in [-0.2, 0) is 9.84 Å². The number of hydrogen-bond acceptors (Lipinski definition) is 4. The molecule has 0 saturated carbocycles.